The summed E-state index contributed by atoms with van der Waals surface area (Å²) in [5.74, 6) is 0. The Kier molecular flexibility index (Phi) is 3.51. The van der Waals surface area contributed by atoms with E-state index < -0.39 is 0 Å². The quantitative estimate of drug-likeness (QED) is 0.788. The van der Waals surface area contributed by atoms with Gasteiger partial charge in [-0.25, -0.2) is 0 Å². The van der Waals surface area contributed by atoms with Gasteiger partial charge in [-0.3, -0.25) is 0 Å². The van der Waals surface area contributed by atoms with Crippen LogP contribution in [0.4, 0.5) is 0 Å². The molecule has 1 heterocycles. The summed E-state index contributed by atoms with van der Waals surface area (Å²) in [5.41, 5.74) is 2.41. The van der Waals surface area contributed by atoms with Gasteiger partial charge in [0.05, 0.1) is 0 Å². The van der Waals surface area contributed by atoms with Crippen LogP contribution in [-0.2, 0) is 6.42 Å². The number of aliphatic hydroxyl groups excluding tert-OH is 1. The molecular weight excluding hydrogens is 332 g/mol. The third kappa shape index (κ3) is 2.26. The third-order valence-corrected chi connectivity index (χ3v) is 3.74. The van der Waals surface area contributed by atoms with Crippen molar-refractivity contribution in [3.8, 4) is 0 Å². The molecule has 0 unspecified atom stereocenters. The van der Waals surface area contributed by atoms with E-state index in [0.29, 0.717) is 0 Å². The van der Waals surface area contributed by atoms with Crippen molar-refractivity contribution >= 4 is 26.1 Å². The Hall–Kier alpha value is 0.0921. The second-order valence-electron chi connectivity index (χ2n) is 2.51. The summed E-state index contributed by atoms with van der Waals surface area (Å²) in [6, 6.07) is 0. The number of hydrogen-bond donors (Lipinski definition) is 1. The van der Waals surface area contributed by atoms with Crippen molar-refractivity contribution in [1.29, 1.82) is 0 Å². The molecule has 0 aliphatic heterocycles. The standard InChI is InChI=1S/C7H11N2O.Tl/c1-6-7(3-2-4-10)9-5-8-6;/h5,10H,2-4H2,1H3;/q-1;+1. The molecule has 0 aliphatic carbocycles. The zero-order chi connectivity index (χ0) is 8.27. The molecule has 0 amide bonds. The van der Waals surface area contributed by atoms with E-state index in [1.807, 2.05) is 6.33 Å². The fourth-order valence-electron chi connectivity index (χ4n) is 0.953. The van der Waals surface area contributed by atoms with Gasteiger partial charge in [-0.1, -0.05) is 0 Å². The second kappa shape index (κ2) is 4.20. The van der Waals surface area contributed by atoms with E-state index in [-0.39, 0.29) is 6.61 Å². The summed E-state index contributed by atoms with van der Waals surface area (Å²) < 4.78 is 2.16. The summed E-state index contributed by atoms with van der Waals surface area (Å²) in [6.07, 6.45) is 3.61. The number of aryl methyl sites for hydroxylation is 1. The van der Waals surface area contributed by atoms with Gasteiger partial charge in [0.1, 0.15) is 0 Å². The predicted molar refractivity (Wildman–Crippen MR) is 43.5 cm³/mol. The number of hydrogen-bond acceptors (Lipinski definition) is 2. The second-order valence-corrected chi connectivity index (χ2v) is 4.67. The van der Waals surface area contributed by atoms with Crippen molar-refractivity contribution in [2.24, 2.45) is 0 Å². The van der Waals surface area contributed by atoms with Gasteiger partial charge < -0.3 is 0 Å². The van der Waals surface area contributed by atoms with Crippen molar-refractivity contribution in [1.82, 2.24) is 7.36 Å². The normalized spacial score (nSPS) is 10.3. The summed E-state index contributed by atoms with van der Waals surface area (Å²) >= 11 is 0.801. The predicted octanol–water partition coefficient (Wildman–Crippen LogP) is 0.0480. The van der Waals surface area contributed by atoms with Crippen molar-refractivity contribution in [3.05, 3.63) is 17.7 Å². The van der Waals surface area contributed by atoms with Crippen LogP contribution in [-0.4, -0.2) is 45.1 Å². The molecular formula is C7H11N2OTl. The Morgan fingerprint density at radius 3 is 2.91 bits per heavy atom. The molecule has 1 aromatic heterocycles. The van der Waals surface area contributed by atoms with E-state index >= 15 is 0 Å². The Balaban J connectivity index is 2.63. The van der Waals surface area contributed by atoms with E-state index in [2.05, 4.69) is 14.3 Å². The van der Waals surface area contributed by atoms with Crippen molar-refractivity contribution in [3.63, 3.8) is 0 Å². The number of aromatic nitrogens is 2. The molecule has 58 valence electrons. The van der Waals surface area contributed by atoms with E-state index in [1.54, 1.807) is 0 Å². The molecule has 1 rings (SSSR count). The average molecular weight is 344 g/mol. The van der Waals surface area contributed by atoms with Gasteiger partial charge in [0.2, 0.25) is 0 Å². The third-order valence-electron chi connectivity index (χ3n) is 1.71. The summed E-state index contributed by atoms with van der Waals surface area (Å²) in [7, 11) is 0. The van der Waals surface area contributed by atoms with Gasteiger partial charge in [-0.15, -0.1) is 0 Å². The Labute approximate surface area is 82.6 Å². The van der Waals surface area contributed by atoms with Crippen LogP contribution in [0.5, 0.6) is 0 Å². The summed E-state index contributed by atoms with van der Waals surface area (Å²) in [4.78, 5) is 4.25. The molecule has 0 bridgehead atoms. The maximum absolute atomic E-state index is 8.60. The Bertz CT molecular complexity index is 234. The first-order valence-electron chi connectivity index (χ1n) is 3.64. The first-order valence-corrected chi connectivity index (χ1v) is 5.65. The molecule has 0 saturated carbocycles. The molecule has 1 N–H and O–H groups in total. The van der Waals surface area contributed by atoms with Crippen molar-refractivity contribution in [2.45, 2.75) is 19.8 Å². The van der Waals surface area contributed by atoms with Gasteiger partial charge in [-0.05, 0) is 0 Å². The summed E-state index contributed by atoms with van der Waals surface area (Å²) in [6.45, 7) is 2.34. The zero-order valence-corrected chi connectivity index (χ0v) is 11.1. The molecule has 0 radical (unpaired) electrons. The molecule has 0 fully saturated rings. The number of nitrogens with zero attached hydrogens (tertiary/aromatic N) is 2. The molecule has 0 atom stereocenters. The molecule has 11 heavy (non-hydrogen) atoms. The van der Waals surface area contributed by atoms with Crippen LogP contribution in [0.1, 0.15) is 17.8 Å². The van der Waals surface area contributed by atoms with Crippen LogP contribution in [0.15, 0.2) is 6.33 Å². The summed E-state index contributed by atoms with van der Waals surface area (Å²) in [5, 5.41) is 8.60. The van der Waals surface area contributed by atoms with Gasteiger partial charge in [0.15, 0.2) is 0 Å². The van der Waals surface area contributed by atoms with E-state index in [9.17, 15) is 0 Å². The van der Waals surface area contributed by atoms with E-state index in [0.717, 1.165) is 44.6 Å². The maximum atomic E-state index is 8.60. The monoisotopic (exact) mass is 344 g/mol. The van der Waals surface area contributed by atoms with Gasteiger partial charge >= 0.3 is 82.6 Å². The number of aliphatic hydroxyl groups is 1. The van der Waals surface area contributed by atoms with Crippen LogP contribution < -0.4 is 0 Å². The van der Waals surface area contributed by atoms with Crippen LogP contribution in [0, 0.1) is 6.92 Å². The van der Waals surface area contributed by atoms with Gasteiger partial charge in [-0.2, -0.15) is 0 Å². The topological polar surface area (TPSA) is 38.1 Å². The van der Waals surface area contributed by atoms with E-state index in [1.165, 1.54) is 5.69 Å². The van der Waals surface area contributed by atoms with Crippen LogP contribution in [0.2, 0.25) is 0 Å². The van der Waals surface area contributed by atoms with Crippen LogP contribution in [0.3, 0.4) is 0 Å². The Morgan fingerprint density at radius 1 is 1.73 bits per heavy atom. The molecule has 4 heteroatoms. The molecule has 0 aliphatic rings. The van der Waals surface area contributed by atoms with Crippen LogP contribution in [0.25, 0.3) is 0 Å². The zero-order valence-electron chi connectivity index (χ0n) is 6.62. The minimum absolute atomic E-state index is 0.260. The van der Waals surface area contributed by atoms with Crippen LogP contribution >= 0.6 is 0 Å². The number of imidazole rings is 1. The molecule has 0 spiro atoms. The first kappa shape index (κ1) is 9.18. The van der Waals surface area contributed by atoms with Gasteiger partial charge in [0.25, 0.3) is 0 Å². The minimum atomic E-state index is 0.260. The molecule has 0 saturated heterocycles. The fraction of sp³-hybridized carbons (Fsp3) is 0.571. The van der Waals surface area contributed by atoms with Crippen molar-refractivity contribution in [2.75, 3.05) is 6.61 Å². The van der Waals surface area contributed by atoms with Gasteiger partial charge in [0, 0.05) is 0 Å². The molecule has 0 aromatic carbocycles. The van der Waals surface area contributed by atoms with Crippen molar-refractivity contribution < 1.29 is 5.11 Å². The average Bonchev–Trinajstić information content (AvgIpc) is 2.31. The van der Waals surface area contributed by atoms with E-state index in [4.69, 9.17) is 5.11 Å². The fourth-order valence-corrected chi connectivity index (χ4v) is 1.79. The molecule has 1 aromatic rings. The SMILES string of the molecule is Cc1c(CCCO)nc[n]1[Tl]. The Morgan fingerprint density at radius 2 is 2.45 bits per heavy atom. The number of rotatable bonds is 3. The molecule has 3 nitrogen and oxygen atoms in total. The first-order chi connectivity index (χ1) is 5.25.